The Bertz CT molecular complexity index is 740. The number of hydrogen-bond acceptors (Lipinski definition) is 5. The highest BCUT2D eigenvalue weighted by atomic mass is 32.2. The van der Waals surface area contributed by atoms with E-state index in [0.29, 0.717) is 35.9 Å². The van der Waals surface area contributed by atoms with Crippen molar-refractivity contribution in [3.8, 4) is 11.5 Å². The van der Waals surface area contributed by atoms with Crippen molar-refractivity contribution >= 4 is 23.4 Å². The number of hydrogen-bond donors (Lipinski definition) is 2. The van der Waals surface area contributed by atoms with Gasteiger partial charge in [0.2, 0.25) is 6.41 Å². The number of nitrogens with one attached hydrogen (secondary N) is 2. The monoisotopic (exact) mass is 376 g/mol. The zero-order valence-corrected chi connectivity index (χ0v) is 15.1. The molecule has 9 heteroatoms. The minimum absolute atomic E-state index is 0.266. The molecule has 1 aromatic carbocycles. The first-order valence-electron chi connectivity index (χ1n) is 7.97. The van der Waals surface area contributed by atoms with E-state index in [1.165, 1.54) is 0 Å². The fraction of sp³-hybridized carbons (Fsp3) is 0.235. The number of amides is 3. The molecule has 0 fully saturated rings. The summed E-state index contributed by atoms with van der Waals surface area (Å²) in [5.74, 6) is 1.30. The van der Waals surface area contributed by atoms with Crippen molar-refractivity contribution in [1.29, 1.82) is 0 Å². The van der Waals surface area contributed by atoms with Crippen molar-refractivity contribution in [2.75, 3.05) is 19.6 Å². The smallest absolute Gasteiger partial charge is 0.321 e. The van der Waals surface area contributed by atoms with Crippen LogP contribution in [-0.2, 0) is 15.8 Å². The standard InChI is InChI=1S/C17H20N4O4S/c1-2-21(12-11-19-17(23)20-13-22)26(24)16-5-3-14(4-6-16)25-15-7-9-18-10-8-15/h3-10,13H,2,11-12H2,1H3,(H2,19,20,22,23). The lowest BCUT2D eigenvalue weighted by atomic mass is 10.3. The van der Waals surface area contributed by atoms with Gasteiger partial charge < -0.3 is 10.1 Å². The highest BCUT2D eigenvalue weighted by molar-refractivity contribution is 7.82. The van der Waals surface area contributed by atoms with Gasteiger partial charge in [0.05, 0.1) is 4.90 Å². The third-order valence-electron chi connectivity index (χ3n) is 3.33. The Morgan fingerprint density at radius 3 is 2.46 bits per heavy atom. The highest BCUT2D eigenvalue weighted by Gasteiger charge is 2.14. The van der Waals surface area contributed by atoms with Crippen molar-refractivity contribution in [2.24, 2.45) is 0 Å². The van der Waals surface area contributed by atoms with E-state index in [2.05, 4.69) is 10.3 Å². The van der Waals surface area contributed by atoms with Gasteiger partial charge >= 0.3 is 6.03 Å². The number of likely N-dealkylation sites (N-methyl/N-ethyl adjacent to an activating group) is 1. The normalized spacial score (nSPS) is 11.6. The molecule has 26 heavy (non-hydrogen) atoms. The summed E-state index contributed by atoms with van der Waals surface area (Å²) < 4.78 is 20.0. The van der Waals surface area contributed by atoms with E-state index in [1.54, 1.807) is 53.1 Å². The van der Waals surface area contributed by atoms with E-state index >= 15 is 0 Å². The van der Waals surface area contributed by atoms with Crippen LogP contribution in [0.5, 0.6) is 11.5 Å². The molecular formula is C17H20N4O4S. The third-order valence-corrected chi connectivity index (χ3v) is 4.92. The first-order chi connectivity index (χ1) is 12.6. The maximum Gasteiger partial charge on any atom is 0.321 e. The lowest BCUT2D eigenvalue weighted by Crippen LogP contribution is -2.40. The fourth-order valence-corrected chi connectivity index (χ4v) is 3.23. The molecule has 0 aliphatic carbocycles. The Hall–Kier alpha value is -2.78. The predicted molar refractivity (Wildman–Crippen MR) is 97.0 cm³/mol. The van der Waals surface area contributed by atoms with Crippen molar-refractivity contribution in [3.05, 3.63) is 48.8 Å². The summed E-state index contributed by atoms with van der Waals surface area (Å²) in [7, 11) is -1.37. The van der Waals surface area contributed by atoms with E-state index in [1.807, 2.05) is 12.2 Å². The number of nitrogens with zero attached hydrogens (tertiary/aromatic N) is 2. The molecule has 2 N–H and O–H groups in total. The number of imide groups is 1. The van der Waals surface area contributed by atoms with Gasteiger partial charge in [-0.05, 0) is 36.4 Å². The molecular weight excluding hydrogens is 356 g/mol. The van der Waals surface area contributed by atoms with Crippen LogP contribution in [0.3, 0.4) is 0 Å². The summed E-state index contributed by atoms with van der Waals surface area (Å²) in [5, 5.41) is 4.49. The van der Waals surface area contributed by atoms with E-state index in [4.69, 9.17) is 4.74 Å². The van der Waals surface area contributed by atoms with Gasteiger partial charge in [0.1, 0.15) is 22.5 Å². The molecule has 0 saturated heterocycles. The number of rotatable bonds is 9. The van der Waals surface area contributed by atoms with Crippen molar-refractivity contribution < 1.29 is 18.5 Å². The molecule has 1 unspecified atom stereocenters. The summed E-state index contributed by atoms with van der Waals surface area (Å²) in [6, 6.07) is 9.88. The largest absolute Gasteiger partial charge is 0.457 e. The second-order valence-corrected chi connectivity index (χ2v) is 6.53. The van der Waals surface area contributed by atoms with Gasteiger partial charge in [-0.25, -0.2) is 13.3 Å². The number of carbonyl (C=O) groups is 2. The van der Waals surface area contributed by atoms with Crippen LogP contribution < -0.4 is 15.4 Å². The molecule has 2 aromatic rings. The summed E-state index contributed by atoms with van der Waals surface area (Å²) >= 11 is 0. The number of urea groups is 1. The Morgan fingerprint density at radius 2 is 1.85 bits per heavy atom. The van der Waals surface area contributed by atoms with Crippen LogP contribution in [0.4, 0.5) is 4.79 Å². The van der Waals surface area contributed by atoms with Gasteiger partial charge in [-0.2, -0.15) is 0 Å². The minimum atomic E-state index is -1.37. The maximum atomic E-state index is 12.7. The van der Waals surface area contributed by atoms with E-state index in [0.717, 1.165) is 0 Å². The van der Waals surface area contributed by atoms with E-state index < -0.39 is 17.0 Å². The molecule has 138 valence electrons. The number of pyridine rings is 1. The maximum absolute atomic E-state index is 12.7. The van der Waals surface area contributed by atoms with Crippen LogP contribution >= 0.6 is 0 Å². The number of benzene rings is 1. The van der Waals surface area contributed by atoms with Crippen molar-refractivity contribution in [1.82, 2.24) is 19.9 Å². The SMILES string of the molecule is CCN(CCNC(=O)NC=O)S(=O)c1ccc(Oc2ccncc2)cc1. The molecule has 0 saturated carbocycles. The number of aromatic nitrogens is 1. The summed E-state index contributed by atoms with van der Waals surface area (Å²) in [6.45, 7) is 3.07. The number of carbonyl (C=O) groups excluding carboxylic acids is 2. The van der Waals surface area contributed by atoms with Gasteiger partial charge in [-0.1, -0.05) is 6.92 Å². The van der Waals surface area contributed by atoms with Gasteiger partial charge in [0.25, 0.3) is 0 Å². The Labute approximate surface area is 154 Å². The molecule has 0 spiro atoms. The van der Waals surface area contributed by atoms with Gasteiger partial charge in [-0.3, -0.25) is 15.1 Å². The van der Waals surface area contributed by atoms with Crippen molar-refractivity contribution in [3.63, 3.8) is 0 Å². The molecule has 1 heterocycles. The molecule has 0 aliphatic rings. The van der Waals surface area contributed by atoms with E-state index in [9.17, 15) is 13.8 Å². The van der Waals surface area contributed by atoms with Crippen LogP contribution in [-0.4, -0.2) is 45.6 Å². The summed E-state index contributed by atoms with van der Waals surface area (Å²) in [6.07, 6.45) is 3.59. The average molecular weight is 376 g/mol. The highest BCUT2D eigenvalue weighted by Crippen LogP contribution is 2.22. The first kappa shape index (κ1) is 19.5. The zero-order chi connectivity index (χ0) is 18.8. The average Bonchev–Trinajstić information content (AvgIpc) is 2.66. The van der Waals surface area contributed by atoms with Crippen LogP contribution in [0.25, 0.3) is 0 Å². The van der Waals surface area contributed by atoms with E-state index in [-0.39, 0.29) is 6.54 Å². The van der Waals surface area contributed by atoms with Crippen molar-refractivity contribution in [2.45, 2.75) is 11.8 Å². The minimum Gasteiger partial charge on any atom is -0.457 e. The Kier molecular flexibility index (Phi) is 7.72. The quantitative estimate of drug-likeness (QED) is 0.649. The van der Waals surface area contributed by atoms with Gasteiger partial charge in [0, 0.05) is 32.0 Å². The summed E-state index contributed by atoms with van der Waals surface area (Å²) in [5.41, 5.74) is 0. The molecule has 8 nitrogen and oxygen atoms in total. The predicted octanol–water partition coefficient (Wildman–Crippen LogP) is 1.67. The molecule has 3 amide bonds. The van der Waals surface area contributed by atoms with Gasteiger partial charge in [-0.15, -0.1) is 0 Å². The second kappa shape index (κ2) is 10.3. The number of ether oxygens (including phenoxy) is 1. The lowest BCUT2D eigenvalue weighted by molar-refractivity contribution is -0.108. The molecule has 1 atom stereocenters. The van der Waals surface area contributed by atoms with Gasteiger partial charge in [0.15, 0.2) is 0 Å². The van der Waals surface area contributed by atoms with Crippen LogP contribution in [0.15, 0.2) is 53.7 Å². The Morgan fingerprint density at radius 1 is 1.19 bits per heavy atom. The molecule has 1 aromatic heterocycles. The lowest BCUT2D eigenvalue weighted by Gasteiger charge is -2.19. The third kappa shape index (κ3) is 5.94. The Balaban J connectivity index is 1.92. The molecule has 2 rings (SSSR count). The zero-order valence-electron chi connectivity index (χ0n) is 14.3. The van der Waals surface area contributed by atoms with Crippen LogP contribution in [0.2, 0.25) is 0 Å². The van der Waals surface area contributed by atoms with Crippen LogP contribution in [0, 0.1) is 0 Å². The first-order valence-corrected chi connectivity index (χ1v) is 9.07. The fourth-order valence-electron chi connectivity index (χ4n) is 2.07. The summed E-state index contributed by atoms with van der Waals surface area (Å²) in [4.78, 5) is 25.9. The topological polar surface area (TPSA) is 101 Å². The molecule has 0 radical (unpaired) electrons. The second-order valence-electron chi connectivity index (χ2n) is 5.05. The molecule has 0 bridgehead atoms. The molecule has 0 aliphatic heterocycles. The van der Waals surface area contributed by atoms with Crippen LogP contribution in [0.1, 0.15) is 6.92 Å².